The van der Waals surface area contributed by atoms with Crippen LogP contribution in [0.1, 0.15) is 25.0 Å². The fourth-order valence-electron chi connectivity index (χ4n) is 2.77. The van der Waals surface area contributed by atoms with E-state index in [1.807, 2.05) is 23.0 Å². The van der Waals surface area contributed by atoms with Crippen LogP contribution >= 0.6 is 35.3 Å². The van der Waals surface area contributed by atoms with Gasteiger partial charge in [-0.3, -0.25) is 9.39 Å². The molecule has 2 N–H and O–H groups in total. The molecule has 0 bridgehead atoms. The molecule has 0 aliphatic carbocycles. The van der Waals surface area contributed by atoms with E-state index in [1.165, 1.54) is 32.4 Å². The number of likely N-dealkylation sites (tertiary alicyclic amines) is 1. The molecule has 1 fully saturated rings. The van der Waals surface area contributed by atoms with Gasteiger partial charge in [-0.25, -0.2) is 4.98 Å². The normalized spacial score (nSPS) is 16.3. The van der Waals surface area contributed by atoms with Gasteiger partial charge in [0.05, 0.1) is 12.2 Å². The minimum atomic E-state index is 0. The number of fused-ring (bicyclic) bond motifs is 1. The average Bonchev–Trinajstić information content (AvgIpc) is 3.13. The molecule has 0 spiro atoms. The number of guanidine groups is 1. The van der Waals surface area contributed by atoms with Gasteiger partial charge in [0.15, 0.2) is 10.9 Å². The number of aliphatic imine (C=N–C) groups is 1. The van der Waals surface area contributed by atoms with E-state index >= 15 is 0 Å². The third-order valence-corrected chi connectivity index (χ3v) is 4.74. The van der Waals surface area contributed by atoms with Gasteiger partial charge in [-0.15, -0.1) is 35.3 Å². The molecule has 0 saturated carbocycles. The van der Waals surface area contributed by atoms with Crippen LogP contribution in [0.2, 0.25) is 0 Å². The molecular formula is C15H25IN6S. The van der Waals surface area contributed by atoms with Gasteiger partial charge < -0.3 is 15.5 Å². The Morgan fingerprint density at radius 1 is 1.30 bits per heavy atom. The summed E-state index contributed by atoms with van der Waals surface area (Å²) in [5.41, 5.74) is 1.03. The molecule has 128 valence electrons. The fraction of sp³-hybridized carbons (Fsp3) is 0.600. The fourth-order valence-corrected chi connectivity index (χ4v) is 3.49. The van der Waals surface area contributed by atoms with Crippen LogP contribution < -0.4 is 10.6 Å². The van der Waals surface area contributed by atoms with E-state index in [2.05, 4.69) is 31.7 Å². The number of piperidine rings is 1. The number of hydrogen-bond acceptors (Lipinski definition) is 4. The van der Waals surface area contributed by atoms with E-state index in [0.29, 0.717) is 6.54 Å². The lowest BCUT2D eigenvalue weighted by molar-refractivity contribution is 0.232. The third-order valence-electron chi connectivity index (χ3n) is 3.97. The second-order valence-electron chi connectivity index (χ2n) is 5.58. The zero-order valence-electron chi connectivity index (χ0n) is 13.5. The first kappa shape index (κ1) is 18.5. The minimum absolute atomic E-state index is 0. The van der Waals surface area contributed by atoms with Crippen molar-refractivity contribution in [2.45, 2.75) is 25.8 Å². The minimum Gasteiger partial charge on any atom is -0.355 e. The summed E-state index contributed by atoms with van der Waals surface area (Å²) in [6.07, 6.45) is 8.14. The topological polar surface area (TPSA) is 57.0 Å². The van der Waals surface area contributed by atoms with Gasteiger partial charge in [0.25, 0.3) is 0 Å². The quantitative estimate of drug-likeness (QED) is 0.418. The van der Waals surface area contributed by atoms with Crippen LogP contribution in [0.4, 0.5) is 0 Å². The first-order chi connectivity index (χ1) is 10.8. The summed E-state index contributed by atoms with van der Waals surface area (Å²) in [6.45, 7) is 5.18. The molecule has 6 nitrogen and oxygen atoms in total. The van der Waals surface area contributed by atoms with Gasteiger partial charge in [-0.2, -0.15) is 0 Å². The van der Waals surface area contributed by atoms with E-state index in [-0.39, 0.29) is 24.0 Å². The molecule has 1 saturated heterocycles. The van der Waals surface area contributed by atoms with Crippen molar-refractivity contribution in [3.8, 4) is 0 Å². The zero-order valence-corrected chi connectivity index (χ0v) is 16.6. The second-order valence-corrected chi connectivity index (χ2v) is 6.45. The SMILES string of the molecule is CN=C(NCCN1CCCCC1)NCc1cn2ccsc2n1.I. The van der Waals surface area contributed by atoms with Crippen LogP contribution in [-0.4, -0.2) is 53.5 Å². The molecule has 0 radical (unpaired) electrons. The zero-order chi connectivity index (χ0) is 15.2. The number of thiazole rings is 1. The molecule has 3 heterocycles. The van der Waals surface area contributed by atoms with Crippen molar-refractivity contribution < 1.29 is 0 Å². The number of imidazole rings is 1. The van der Waals surface area contributed by atoms with E-state index in [9.17, 15) is 0 Å². The van der Waals surface area contributed by atoms with Crippen LogP contribution in [0.15, 0.2) is 22.8 Å². The molecule has 0 unspecified atom stereocenters. The Labute approximate surface area is 158 Å². The van der Waals surface area contributed by atoms with Crippen LogP contribution in [-0.2, 0) is 6.54 Å². The van der Waals surface area contributed by atoms with E-state index < -0.39 is 0 Å². The molecular weight excluding hydrogens is 423 g/mol. The Hall–Kier alpha value is -0.870. The maximum atomic E-state index is 4.56. The number of hydrogen-bond donors (Lipinski definition) is 2. The van der Waals surface area contributed by atoms with Crippen LogP contribution in [0.3, 0.4) is 0 Å². The molecule has 0 aromatic carbocycles. The highest BCUT2D eigenvalue weighted by Gasteiger charge is 2.09. The number of rotatable bonds is 5. The summed E-state index contributed by atoms with van der Waals surface area (Å²) in [5.74, 6) is 0.841. The molecule has 1 aliphatic rings. The Morgan fingerprint density at radius 2 is 2.13 bits per heavy atom. The van der Waals surface area contributed by atoms with Crippen LogP contribution in [0.5, 0.6) is 0 Å². The maximum Gasteiger partial charge on any atom is 0.193 e. The predicted molar refractivity (Wildman–Crippen MR) is 107 cm³/mol. The number of nitrogens with zero attached hydrogens (tertiary/aromatic N) is 4. The predicted octanol–water partition coefficient (Wildman–Crippen LogP) is 2.16. The lowest BCUT2D eigenvalue weighted by Gasteiger charge is -2.26. The standard InChI is InChI=1S/C15H24N6S.HI/c1-16-14(17-5-8-20-6-3-2-4-7-20)18-11-13-12-21-9-10-22-15(21)19-13;/h9-10,12H,2-8,11H2,1H3,(H2,16,17,18);1H. The first-order valence-corrected chi connectivity index (χ1v) is 8.81. The van der Waals surface area contributed by atoms with Gasteiger partial charge in [0.2, 0.25) is 0 Å². The summed E-state index contributed by atoms with van der Waals surface area (Å²) < 4.78 is 2.05. The lowest BCUT2D eigenvalue weighted by atomic mass is 10.1. The molecule has 8 heteroatoms. The largest absolute Gasteiger partial charge is 0.355 e. The summed E-state index contributed by atoms with van der Waals surface area (Å²) in [6, 6.07) is 0. The molecule has 2 aromatic heterocycles. The Balaban J connectivity index is 0.00000192. The van der Waals surface area contributed by atoms with Crippen LogP contribution in [0, 0.1) is 0 Å². The van der Waals surface area contributed by atoms with E-state index in [4.69, 9.17) is 0 Å². The van der Waals surface area contributed by atoms with Crippen molar-refractivity contribution in [2.24, 2.45) is 4.99 Å². The van der Waals surface area contributed by atoms with Crippen molar-refractivity contribution in [1.29, 1.82) is 0 Å². The van der Waals surface area contributed by atoms with Crippen LogP contribution in [0.25, 0.3) is 4.96 Å². The Bertz CT molecular complexity index is 588. The summed E-state index contributed by atoms with van der Waals surface area (Å²) in [4.78, 5) is 12.4. The molecule has 23 heavy (non-hydrogen) atoms. The monoisotopic (exact) mass is 448 g/mol. The second kappa shape index (κ2) is 9.43. The number of halogens is 1. The highest BCUT2D eigenvalue weighted by Crippen LogP contribution is 2.11. The molecule has 0 atom stereocenters. The summed E-state index contributed by atoms with van der Waals surface area (Å²) in [7, 11) is 1.81. The smallest absolute Gasteiger partial charge is 0.193 e. The van der Waals surface area contributed by atoms with Gasteiger partial charge in [0, 0.05) is 37.9 Å². The van der Waals surface area contributed by atoms with E-state index in [0.717, 1.165) is 29.7 Å². The number of aromatic nitrogens is 2. The van der Waals surface area contributed by atoms with Gasteiger partial charge in [-0.1, -0.05) is 6.42 Å². The summed E-state index contributed by atoms with van der Waals surface area (Å²) >= 11 is 1.65. The molecule has 2 aromatic rings. The van der Waals surface area contributed by atoms with Crippen molar-refractivity contribution in [3.05, 3.63) is 23.5 Å². The Morgan fingerprint density at radius 3 is 2.87 bits per heavy atom. The third kappa shape index (κ3) is 5.32. The van der Waals surface area contributed by atoms with Crippen molar-refractivity contribution in [3.63, 3.8) is 0 Å². The number of nitrogens with one attached hydrogen (secondary N) is 2. The Kier molecular flexibility index (Phi) is 7.57. The molecule has 3 rings (SSSR count). The van der Waals surface area contributed by atoms with Crippen molar-refractivity contribution in [2.75, 3.05) is 33.2 Å². The maximum absolute atomic E-state index is 4.56. The van der Waals surface area contributed by atoms with Gasteiger partial charge >= 0.3 is 0 Å². The molecule has 1 aliphatic heterocycles. The summed E-state index contributed by atoms with van der Waals surface area (Å²) in [5, 5.41) is 8.75. The molecule has 0 amide bonds. The first-order valence-electron chi connectivity index (χ1n) is 7.93. The lowest BCUT2D eigenvalue weighted by Crippen LogP contribution is -2.42. The van der Waals surface area contributed by atoms with Gasteiger partial charge in [-0.05, 0) is 25.9 Å². The van der Waals surface area contributed by atoms with E-state index in [1.54, 1.807) is 11.3 Å². The van der Waals surface area contributed by atoms with Crippen molar-refractivity contribution >= 4 is 46.2 Å². The van der Waals surface area contributed by atoms with Crippen molar-refractivity contribution in [1.82, 2.24) is 24.9 Å². The highest BCUT2D eigenvalue weighted by molar-refractivity contribution is 14.0. The average molecular weight is 448 g/mol. The van der Waals surface area contributed by atoms with Gasteiger partial charge in [0.1, 0.15) is 0 Å². The highest BCUT2D eigenvalue weighted by atomic mass is 127.